The maximum absolute atomic E-state index is 13.8. The van der Waals surface area contributed by atoms with Crippen LogP contribution in [0.1, 0.15) is 17.0 Å². The quantitative estimate of drug-likeness (QED) is 0.355. The van der Waals surface area contributed by atoms with Crippen LogP contribution in [0.15, 0.2) is 60.7 Å². The second kappa shape index (κ2) is 8.58. The maximum atomic E-state index is 13.8. The Morgan fingerprint density at radius 2 is 1.80 bits per heavy atom. The van der Waals surface area contributed by atoms with Gasteiger partial charge >= 0.3 is 0 Å². The molecule has 0 spiro atoms. The fourth-order valence-corrected chi connectivity index (χ4v) is 3.58. The second-order valence-electron chi connectivity index (χ2n) is 6.47. The number of fused-ring (bicyclic) bond motifs is 1. The van der Waals surface area contributed by atoms with E-state index in [1.165, 1.54) is 6.07 Å². The van der Waals surface area contributed by atoms with Crippen molar-refractivity contribution in [3.05, 3.63) is 93.5 Å². The first-order valence-electron chi connectivity index (χ1n) is 8.97. The Bertz CT molecular complexity index is 1250. The Kier molecular flexibility index (Phi) is 5.71. The number of aromatic nitrogens is 2. The van der Waals surface area contributed by atoms with Crippen LogP contribution >= 0.6 is 23.2 Å². The van der Waals surface area contributed by atoms with Crippen LogP contribution in [0.4, 0.5) is 4.39 Å². The highest BCUT2D eigenvalue weighted by molar-refractivity contribution is 6.37. The number of nitriles is 1. The number of para-hydroxylation sites is 2. The number of H-pyrrole nitrogens is 1. The Morgan fingerprint density at radius 1 is 1.10 bits per heavy atom. The van der Waals surface area contributed by atoms with Crippen LogP contribution in [0.25, 0.3) is 22.7 Å². The molecule has 30 heavy (non-hydrogen) atoms. The van der Waals surface area contributed by atoms with E-state index in [0.29, 0.717) is 22.5 Å². The van der Waals surface area contributed by atoms with Gasteiger partial charge in [0.2, 0.25) is 0 Å². The van der Waals surface area contributed by atoms with E-state index < -0.39 is 0 Å². The summed E-state index contributed by atoms with van der Waals surface area (Å²) in [6, 6.07) is 19.2. The van der Waals surface area contributed by atoms with E-state index in [2.05, 4.69) is 16.0 Å². The van der Waals surface area contributed by atoms with Crippen molar-refractivity contribution >= 4 is 45.9 Å². The molecule has 0 saturated carbocycles. The van der Waals surface area contributed by atoms with Gasteiger partial charge in [0.25, 0.3) is 0 Å². The molecule has 1 aromatic heterocycles. The molecule has 4 rings (SSSR count). The number of nitrogens with one attached hydrogen (secondary N) is 1. The zero-order valence-corrected chi connectivity index (χ0v) is 17.0. The first-order valence-corrected chi connectivity index (χ1v) is 9.73. The summed E-state index contributed by atoms with van der Waals surface area (Å²) in [6.45, 7) is -0.0102. The summed E-state index contributed by atoms with van der Waals surface area (Å²) >= 11 is 12.7. The Labute approximate surface area is 182 Å². The molecule has 1 heterocycles. The van der Waals surface area contributed by atoms with E-state index in [1.54, 1.807) is 36.4 Å². The lowest BCUT2D eigenvalue weighted by Crippen LogP contribution is -1.99. The lowest BCUT2D eigenvalue weighted by atomic mass is 10.1. The molecule has 0 fully saturated rings. The van der Waals surface area contributed by atoms with Gasteiger partial charge in [0.05, 0.1) is 26.7 Å². The van der Waals surface area contributed by atoms with Gasteiger partial charge < -0.3 is 9.72 Å². The van der Waals surface area contributed by atoms with Crippen LogP contribution in [0.2, 0.25) is 10.0 Å². The van der Waals surface area contributed by atoms with Crippen molar-refractivity contribution in [2.24, 2.45) is 0 Å². The number of hydrogen-bond donors (Lipinski definition) is 1. The summed E-state index contributed by atoms with van der Waals surface area (Å²) in [4.78, 5) is 7.56. The topological polar surface area (TPSA) is 61.7 Å². The smallest absolute Gasteiger partial charge is 0.157 e. The molecular weight excluding hydrogens is 424 g/mol. The minimum absolute atomic E-state index is 0.0102. The summed E-state index contributed by atoms with van der Waals surface area (Å²) in [6.07, 6.45) is 1.64. The summed E-state index contributed by atoms with van der Waals surface area (Å²) in [5, 5.41) is 10.1. The molecule has 0 bridgehead atoms. The Balaban J connectivity index is 1.61. The molecule has 0 aliphatic carbocycles. The number of hydrogen-bond acceptors (Lipinski definition) is 3. The molecule has 0 saturated heterocycles. The summed E-state index contributed by atoms with van der Waals surface area (Å²) in [7, 11) is 0. The van der Waals surface area contributed by atoms with Crippen molar-refractivity contribution in [3.8, 4) is 11.8 Å². The summed E-state index contributed by atoms with van der Waals surface area (Å²) in [5.74, 6) is 0.334. The molecular formula is C23H14Cl2FN3O. The maximum Gasteiger partial charge on any atom is 0.157 e. The molecule has 0 unspecified atom stereocenters. The van der Waals surface area contributed by atoms with E-state index in [9.17, 15) is 9.65 Å². The van der Waals surface area contributed by atoms with E-state index in [-0.39, 0.29) is 28.2 Å². The highest BCUT2D eigenvalue weighted by Gasteiger charge is 2.13. The molecule has 0 aliphatic heterocycles. The molecule has 0 amide bonds. The van der Waals surface area contributed by atoms with Crippen molar-refractivity contribution in [2.45, 2.75) is 6.61 Å². The third-order valence-corrected chi connectivity index (χ3v) is 4.99. The van der Waals surface area contributed by atoms with Gasteiger partial charge in [-0.2, -0.15) is 5.26 Å². The van der Waals surface area contributed by atoms with Gasteiger partial charge in [-0.1, -0.05) is 53.5 Å². The molecule has 1 N–H and O–H groups in total. The molecule has 4 aromatic rings. The molecule has 7 heteroatoms. The van der Waals surface area contributed by atoms with Gasteiger partial charge in [-0.25, -0.2) is 9.37 Å². The predicted octanol–water partition coefficient (Wildman–Crippen LogP) is 6.65. The number of benzene rings is 3. The van der Waals surface area contributed by atoms with Crippen LogP contribution in [-0.4, -0.2) is 9.97 Å². The summed E-state index contributed by atoms with van der Waals surface area (Å²) < 4.78 is 19.4. The van der Waals surface area contributed by atoms with Gasteiger partial charge in [-0.05, 0) is 42.0 Å². The number of allylic oxidation sites excluding steroid dienone is 1. The number of aromatic amines is 1. The normalized spacial score (nSPS) is 11.5. The lowest BCUT2D eigenvalue weighted by Gasteiger charge is -2.11. The minimum atomic E-state index is -0.367. The van der Waals surface area contributed by atoms with Gasteiger partial charge in [-0.3, -0.25) is 0 Å². The highest BCUT2D eigenvalue weighted by Crippen LogP contribution is 2.36. The lowest BCUT2D eigenvalue weighted by molar-refractivity contribution is 0.300. The third kappa shape index (κ3) is 4.16. The van der Waals surface area contributed by atoms with Crippen LogP contribution in [0, 0.1) is 17.1 Å². The zero-order valence-electron chi connectivity index (χ0n) is 15.5. The Hall–Kier alpha value is -3.33. The molecule has 3 aromatic carbocycles. The van der Waals surface area contributed by atoms with E-state index in [1.807, 2.05) is 24.3 Å². The fourth-order valence-electron chi connectivity index (χ4n) is 2.97. The standard InChI is InChI=1S/C23H14Cl2FN3O/c24-17-10-14(9-16(12-27)23-28-20-7-3-4-8-21(20)29-23)11-18(25)22(17)30-13-15-5-1-2-6-19(15)26/h1-11H,13H2,(H,28,29)/b16-9+. The number of halogens is 3. The van der Waals surface area contributed by atoms with Crippen molar-refractivity contribution in [1.82, 2.24) is 9.97 Å². The summed E-state index contributed by atoms with van der Waals surface area (Å²) in [5.41, 5.74) is 2.94. The Morgan fingerprint density at radius 3 is 2.50 bits per heavy atom. The molecule has 0 atom stereocenters. The third-order valence-electron chi connectivity index (χ3n) is 4.43. The number of ether oxygens (including phenoxy) is 1. The molecule has 0 radical (unpaired) electrons. The minimum Gasteiger partial charge on any atom is -0.486 e. The second-order valence-corrected chi connectivity index (χ2v) is 7.28. The van der Waals surface area contributed by atoms with Crippen molar-refractivity contribution < 1.29 is 9.13 Å². The molecule has 148 valence electrons. The SMILES string of the molecule is N#C/C(=C\c1cc(Cl)c(OCc2ccccc2F)c(Cl)c1)c1nc2ccccc2[nH]1. The van der Waals surface area contributed by atoms with Crippen molar-refractivity contribution in [1.29, 1.82) is 5.26 Å². The number of rotatable bonds is 5. The van der Waals surface area contributed by atoms with Crippen LogP contribution in [0.3, 0.4) is 0 Å². The number of imidazole rings is 1. The van der Waals surface area contributed by atoms with Crippen LogP contribution < -0.4 is 4.74 Å². The van der Waals surface area contributed by atoms with Gasteiger partial charge in [-0.15, -0.1) is 0 Å². The first kappa shape index (κ1) is 20.0. The molecule has 0 aliphatic rings. The van der Waals surface area contributed by atoms with E-state index in [0.717, 1.165) is 11.0 Å². The van der Waals surface area contributed by atoms with Gasteiger partial charge in [0.1, 0.15) is 24.3 Å². The average Bonchev–Trinajstić information content (AvgIpc) is 3.16. The predicted molar refractivity (Wildman–Crippen MR) is 117 cm³/mol. The number of nitrogens with zero attached hydrogens (tertiary/aromatic N) is 2. The largest absolute Gasteiger partial charge is 0.486 e. The highest BCUT2D eigenvalue weighted by atomic mass is 35.5. The zero-order chi connectivity index (χ0) is 21.1. The molecule has 4 nitrogen and oxygen atoms in total. The van der Waals surface area contributed by atoms with Gasteiger partial charge in [0.15, 0.2) is 5.75 Å². The fraction of sp³-hybridized carbons (Fsp3) is 0.0435. The average molecular weight is 438 g/mol. The van der Waals surface area contributed by atoms with E-state index in [4.69, 9.17) is 27.9 Å². The van der Waals surface area contributed by atoms with Crippen LogP contribution in [0.5, 0.6) is 5.75 Å². The van der Waals surface area contributed by atoms with Crippen LogP contribution in [-0.2, 0) is 6.61 Å². The van der Waals surface area contributed by atoms with Crippen molar-refractivity contribution in [3.63, 3.8) is 0 Å². The van der Waals surface area contributed by atoms with Gasteiger partial charge in [0, 0.05) is 5.56 Å². The first-order chi connectivity index (χ1) is 14.5. The monoisotopic (exact) mass is 437 g/mol. The van der Waals surface area contributed by atoms with E-state index >= 15 is 0 Å². The van der Waals surface area contributed by atoms with Crippen molar-refractivity contribution in [2.75, 3.05) is 0 Å².